The summed E-state index contributed by atoms with van der Waals surface area (Å²) in [5, 5.41) is 4.12. The quantitative estimate of drug-likeness (QED) is 0.591. The van der Waals surface area contributed by atoms with Crippen molar-refractivity contribution >= 4 is 43.9 Å². The monoisotopic (exact) mass is 463 g/mol. The zero-order valence-corrected chi connectivity index (χ0v) is 16.8. The van der Waals surface area contributed by atoms with Crippen LogP contribution in [-0.4, -0.2) is 70.6 Å². The Morgan fingerprint density at radius 2 is 1.93 bits per heavy atom. The van der Waals surface area contributed by atoms with Gasteiger partial charge in [0, 0.05) is 24.6 Å². The van der Waals surface area contributed by atoms with Crippen LogP contribution >= 0.6 is 15.9 Å². The summed E-state index contributed by atoms with van der Waals surface area (Å²) in [6.45, 7) is 0.318. The number of carbonyl (C=O) groups excluding carboxylic acids is 3. The number of halogens is 1. The average Bonchev–Trinajstić information content (AvgIpc) is 2.66. The molecule has 0 aliphatic carbocycles. The van der Waals surface area contributed by atoms with E-state index < -0.39 is 34.5 Å². The molecule has 0 spiro atoms. The standard InChI is InChI=1S/C15H18BrN3O7S/c1-17-15(22)18-13(20)9-26-14(21)10-2-3-11(16)12(8-10)27(23,24)19-4-6-25-7-5-19/h2-3,8H,4-7,9H2,1H3,(H2,17,18,20,22). The fraction of sp³-hybridized carbons (Fsp3) is 0.400. The second kappa shape index (κ2) is 9.26. The summed E-state index contributed by atoms with van der Waals surface area (Å²) in [6, 6.07) is 3.21. The van der Waals surface area contributed by atoms with Crippen molar-refractivity contribution in [3.05, 3.63) is 28.2 Å². The Morgan fingerprint density at radius 1 is 1.26 bits per heavy atom. The van der Waals surface area contributed by atoms with Gasteiger partial charge in [-0.05, 0) is 34.1 Å². The van der Waals surface area contributed by atoms with E-state index in [9.17, 15) is 22.8 Å². The third-order valence-electron chi connectivity index (χ3n) is 3.57. The van der Waals surface area contributed by atoms with Crippen LogP contribution in [0.15, 0.2) is 27.6 Å². The van der Waals surface area contributed by atoms with E-state index in [1.54, 1.807) is 0 Å². The van der Waals surface area contributed by atoms with E-state index in [1.807, 2.05) is 5.32 Å². The third kappa shape index (κ3) is 5.48. The minimum absolute atomic E-state index is 0.0437. The average molecular weight is 464 g/mol. The first kappa shape index (κ1) is 21.3. The Balaban J connectivity index is 2.13. The molecule has 1 aliphatic rings. The van der Waals surface area contributed by atoms with Crippen LogP contribution in [0, 0.1) is 0 Å². The number of hydrogen-bond donors (Lipinski definition) is 2. The Kier molecular flexibility index (Phi) is 7.30. The van der Waals surface area contributed by atoms with Crippen molar-refractivity contribution < 1.29 is 32.3 Å². The summed E-state index contributed by atoms with van der Waals surface area (Å²) in [7, 11) is -2.51. The van der Waals surface area contributed by atoms with Gasteiger partial charge in [0.05, 0.1) is 23.7 Å². The van der Waals surface area contributed by atoms with Crippen molar-refractivity contribution in [1.82, 2.24) is 14.9 Å². The summed E-state index contributed by atoms with van der Waals surface area (Å²) >= 11 is 3.18. The Morgan fingerprint density at radius 3 is 2.56 bits per heavy atom. The molecule has 10 nitrogen and oxygen atoms in total. The van der Waals surface area contributed by atoms with E-state index in [2.05, 4.69) is 21.2 Å². The maximum atomic E-state index is 12.8. The van der Waals surface area contributed by atoms with Gasteiger partial charge in [0.2, 0.25) is 10.0 Å². The van der Waals surface area contributed by atoms with Crippen LogP contribution in [0.4, 0.5) is 4.79 Å². The van der Waals surface area contributed by atoms with Gasteiger partial charge in [0.25, 0.3) is 5.91 Å². The summed E-state index contributed by atoms with van der Waals surface area (Å²) < 4.78 is 37.1. The number of esters is 1. The Bertz CT molecular complexity index is 838. The topological polar surface area (TPSA) is 131 Å². The molecule has 2 N–H and O–H groups in total. The highest BCUT2D eigenvalue weighted by molar-refractivity contribution is 9.10. The van der Waals surface area contributed by atoms with Gasteiger partial charge in [0.15, 0.2) is 6.61 Å². The molecule has 27 heavy (non-hydrogen) atoms. The summed E-state index contributed by atoms with van der Waals surface area (Å²) in [4.78, 5) is 34.5. The number of morpholine rings is 1. The second-order valence-corrected chi connectivity index (χ2v) is 8.13. The minimum Gasteiger partial charge on any atom is -0.452 e. The fourth-order valence-electron chi connectivity index (χ4n) is 2.19. The highest BCUT2D eigenvalue weighted by Crippen LogP contribution is 2.27. The van der Waals surface area contributed by atoms with E-state index >= 15 is 0 Å². The molecule has 1 fully saturated rings. The highest BCUT2D eigenvalue weighted by atomic mass is 79.9. The normalized spacial score (nSPS) is 15.0. The number of rotatable bonds is 5. The van der Waals surface area contributed by atoms with E-state index in [-0.39, 0.29) is 23.5 Å². The third-order valence-corrected chi connectivity index (χ3v) is 6.46. The molecular formula is C15H18BrN3O7S. The van der Waals surface area contributed by atoms with Crippen molar-refractivity contribution in [3.8, 4) is 0 Å². The first-order valence-corrected chi connectivity index (χ1v) is 10.0. The first-order valence-electron chi connectivity index (χ1n) is 7.82. The summed E-state index contributed by atoms with van der Waals surface area (Å²) in [5.74, 6) is -1.71. The number of benzene rings is 1. The van der Waals surface area contributed by atoms with Gasteiger partial charge in [-0.2, -0.15) is 4.31 Å². The molecule has 148 valence electrons. The molecule has 0 radical (unpaired) electrons. The molecule has 1 saturated heterocycles. The van der Waals surface area contributed by atoms with Crippen molar-refractivity contribution in [3.63, 3.8) is 0 Å². The van der Waals surface area contributed by atoms with Crippen LogP contribution in [0.3, 0.4) is 0 Å². The Labute approximate surface area is 164 Å². The first-order chi connectivity index (χ1) is 12.8. The molecule has 1 heterocycles. The molecule has 1 aliphatic heterocycles. The predicted octanol–water partition coefficient (Wildman–Crippen LogP) is 0.0824. The van der Waals surface area contributed by atoms with Crippen LogP contribution in [0.5, 0.6) is 0 Å². The van der Waals surface area contributed by atoms with Crippen LogP contribution < -0.4 is 10.6 Å². The molecule has 1 aromatic carbocycles. The molecule has 0 bridgehead atoms. The molecular weight excluding hydrogens is 446 g/mol. The maximum Gasteiger partial charge on any atom is 0.338 e. The smallest absolute Gasteiger partial charge is 0.338 e. The summed E-state index contributed by atoms with van der Waals surface area (Å²) in [5.41, 5.74) is -0.0437. The number of nitrogens with zero attached hydrogens (tertiary/aromatic N) is 1. The van der Waals surface area contributed by atoms with E-state index in [0.29, 0.717) is 17.7 Å². The largest absolute Gasteiger partial charge is 0.452 e. The SMILES string of the molecule is CNC(=O)NC(=O)COC(=O)c1ccc(Br)c(S(=O)(=O)N2CCOCC2)c1. The number of urea groups is 1. The molecule has 2 rings (SSSR count). The van der Waals surface area contributed by atoms with Crippen molar-refractivity contribution in [1.29, 1.82) is 0 Å². The fourth-order valence-corrected chi connectivity index (χ4v) is 4.55. The number of imide groups is 1. The lowest BCUT2D eigenvalue weighted by atomic mass is 10.2. The van der Waals surface area contributed by atoms with Gasteiger partial charge in [-0.25, -0.2) is 18.0 Å². The highest BCUT2D eigenvalue weighted by Gasteiger charge is 2.29. The molecule has 0 unspecified atom stereocenters. The van der Waals surface area contributed by atoms with Gasteiger partial charge >= 0.3 is 12.0 Å². The van der Waals surface area contributed by atoms with E-state index in [0.717, 1.165) is 0 Å². The lowest BCUT2D eigenvalue weighted by Gasteiger charge is -2.26. The van der Waals surface area contributed by atoms with Gasteiger partial charge in [-0.1, -0.05) is 0 Å². The zero-order valence-electron chi connectivity index (χ0n) is 14.4. The molecule has 0 atom stereocenters. The number of ether oxygens (including phenoxy) is 2. The number of sulfonamides is 1. The zero-order chi connectivity index (χ0) is 20.0. The Hall–Kier alpha value is -2.02. The van der Waals surface area contributed by atoms with Crippen LogP contribution in [-0.2, 0) is 24.3 Å². The molecule has 1 aromatic rings. The van der Waals surface area contributed by atoms with Crippen molar-refractivity contribution in [2.24, 2.45) is 0 Å². The second-order valence-electron chi connectivity index (χ2n) is 5.37. The molecule has 0 saturated carbocycles. The summed E-state index contributed by atoms with van der Waals surface area (Å²) in [6.07, 6.45) is 0. The van der Waals surface area contributed by atoms with E-state index in [4.69, 9.17) is 9.47 Å². The van der Waals surface area contributed by atoms with Gasteiger partial charge in [-0.15, -0.1) is 0 Å². The van der Waals surface area contributed by atoms with Gasteiger partial charge in [-0.3, -0.25) is 10.1 Å². The number of carbonyl (C=O) groups is 3. The molecule has 0 aromatic heterocycles. The number of amides is 3. The van der Waals surface area contributed by atoms with Crippen LogP contribution in [0.25, 0.3) is 0 Å². The minimum atomic E-state index is -3.83. The maximum absolute atomic E-state index is 12.8. The number of nitrogens with one attached hydrogen (secondary N) is 2. The molecule has 3 amide bonds. The number of hydrogen-bond acceptors (Lipinski definition) is 7. The van der Waals surface area contributed by atoms with E-state index in [1.165, 1.54) is 29.6 Å². The van der Waals surface area contributed by atoms with Crippen molar-refractivity contribution in [2.45, 2.75) is 4.90 Å². The van der Waals surface area contributed by atoms with Crippen LogP contribution in [0.2, 0.25) is 0 Å². The van der Waals surface area contributed by atoms with Crippen LogP contribution in [0.1, 0.15) is 10.4 Å². The predicted molar refractivity (Wildman–Crippen MR) is 96.6 cm³/mol. The molecule has 12 heteroatoms. The van der Waals surface area contributed by atoms with Gasteiger partial charge < -0.3 is 14.8 Å². The van der Waals surface area contributed by atoms with Gasteiger partial charge in [0.1, 0.15) is 0 Å². The lowest BCUT2D eigenvalue weighted by molar-refractivity contribution is -0.123. The van der Waals surface area contributed by atoms with Crippen molar-refractivity contribution in [2.75, 3.05) is 40.0 Å². The lowest BCUT2D eigenvalue weighted by Crippen LogP contribution is -2.40.